The van der Waals surface area contributed by atoms with E-state index in [0.29, 0.717) is 10.6 Å². The summed E-state index contributed by atoms with van der Waals surface area (Å²) >= 11 is 5.92. The monoisotopic (exact) mass is 319 g/mol. The van der Waals surface area contributed by atoms with Crippen molar-refractivity contribution in [3.63, 3.8) is 0 Å². The molecule has 0 saturated heterocycles. The molecule has 0 spiro atoms. The Labute approximate surface area is 130 Å². The normalized spacial score (nSPS) is 10.6. The quantitative estimate of drug-likeness (QED) is 0.513. The number of para-hydroxylation sites is 1. The Morgan fingerprint density at radius 3 is 2.68 bits per heavy atom. The standard InChI is InChI=1S/C14H10ClN3O4/c15-11-6-2-1-4-9(11)8-16-17-14(20)10-5-3-7-12(13(10)19)18(21)22/h1-8,19H,(H,17,20)/b16-8-. The zero-order valence-electron chi connectivity index (χ0n) is 11.1. The molecule has 0 aromatic heterocycles. The number of benzene rings is 2. The van der Waals surface area contributed by atoms with E-state index >= 15 is 0 Å². The third-order valence-corrected chi connectivity index (χ3v) is 3.08. The van der Waals surface area contributed by atoms with Crippen LogP contribution in [0.3, 0.4) is 0 Å². The number of amides is 1. The molecule has 1 amide bonds. The highest BCUT2D eigenvalue weighted by Crippen LogP contribution is 2.29. The number of nitro benzene ring substituents is 1. The molecule has 2 N–H and O–H groups in total. The van der Waals surface area contributed by atoms with Gasteiger partial charge >= 0.3 is 5.69 Å². The first-order valence-electron chi connectivity index (χ1n) is 6.05. The molecule has 112 valence electrons. The summed E-state index contributed by atoms with van der Waals surface area (Å²) in [6.45, 7) is 0. The van der Waals surface area contributed by atoms with Crippen LogP contribution in [0.15, 0.2) is 47.6 Å². The maximum Gasteiger partial charge on any atom is 0.311 e. The third-order valence-electron chi connectivity index (χ3n) is 2.73. The Morgan fingerprint density at radius 1 is 1.27 bits per heavy atom. The Bertz CT molecular complexity index is 762. The van der Waals surface area contributed by atoms with E-state index in [1.807, 2.05) is 0 Å². The fourth-order valence-corrected chi connectivity index (χ4v) is 1.85. The molecule has 0 aliphatic heterocycles. The predicted octanol–water partition coefficient (Wildman–Crippen LogP) is 2.72. The van der Waals surface area contributed by atoms with E-state index in [1.54, 1.807) is 24.3 Å². The van der Waals surface area contributed by atoms with Crippen molar-refractivity contribution in [1.29, 1.82) is 0 Å². The lowest BCUT2D eigenvalue weighted by molar-refractivity contribution is -0.385. The summed E-state index contributed by atoms with van der Waals surface area (Å²) in [6.07, 6.45) is 1.33. The number of hydrazone groups is 1. The van der Waals surface area contributed by atoms with Gasteiger partial charge in [0.1, 0.15) is 0 Å². The van der Waals surface area contributed by atoms with E-state index < -0.39 is 22.3 Å². The first-order valence-corrected chi connectivity index (χ1v) is 6.43. The molecule has 7 nitrogen and oxygen atoms in total. The molecule has 22 heavy (non-hydrogen) atoms. The molecule has 2 rings (SSSR count). The summed E-state index contributed by atoms with van der Waals surface area (Å²) in [7, 11) is 0. The van der Waals surface area contributed by atoms with E-state index in [0.717, 1.165) is 6.07 Å². The van der Waals surface area contributed by atoms with Gasteiger partial charge in [-0.05, 0) is 12.1 Å². The Balaban J connectivity index is 2.15. The van der Waals surface area contributed by atoms with Crippen molar-refractivity contribution in [3.8, 4) is 5.75 Å². The molecule has 0 atom stereocenters. The van der Waals surface area contributed by atoms with Crippen molar-refractivity contribution >= 4 is 29.4 Å². The van der Waals surface area contributed by atoms with Crippen LogP contribution < -0.4 is 5.43 Å². The van der Waals surface area contributed by atoms with Gasteiger partial charge in [-0.1, -0.05) is 35.9 Å². The SMILES string of the molecule is O=C(N/N=C\c1ccccc1Cl)c1cccc([N+](=O)[O-])c1O. The topological polar surface area (TPSA) is 105 Å². The molecular formula is C14H10ClN3O4. The zero-order valence-corrected chi connectivity index (χ0v) is 11.8. The number of carbonyl (C=O) groups is 1. The van der Waals surface area contributed by atoms with Crippen LogP contribution in [0.1, 0.15) is 15.9 Å². The maximum absolute atomic E-state index is 11.9. The summed E-state index contributed by atoms with van der Waals surface area (Å²) < 4.78 is 0. The van der Waals surface area contributed by atoms with E-state index in [9.17, 15) is 20.0 Å². The van der Waals surface area contributed by atoms with Crippen LogP contribution in [0.5, 0.6) is 5.75 Å². The molecule has 2 aromatic carbocycles. The van der Waals surface area contributed by atoms with Crippen molar-refractivity contribution in [2.45, 2.75) is 0 Å². The molecule has 0 radical (unpaired) electrons. The van der Waals surface area contributed by atoms with E-state index in [-0.39, 0.29) is 5.56 Å². The number of hydrogen-bond acceptors (Lipinski definition) is 5. The molecule has 0 aliphatic carbocycles. The van der Waals surface area contributed by atoms with Crippen LogP contribution in [-0.4, -0.2) is 22.2 Å². The molecule has 0 saturated carbocycles. The van der Waals surface area contributed by atoms with Crippen LogP contribution in [0.2, 0.25) is 5.02 Å². The van der Waals surface area contributed by atoms with Crippen LogP contribution in [0.25, 0.3) is 0 Å². The fourth-order valence-electron chi connectivity index (χ4n) is 1.66. The molecular weight excluding hydrogens is 310 g/mol. The van der Waals surface area contributed by atoms with Gasteiger partial charge < -0.3 is 5.11 Å². The van der Waals surface area contributed by atoms with Gasteiger partial charge in [0, 0.05) is 16.7 Å². The van der Waals surface area contributed by atoms with Gasteiger partial charge in [-0.15, -0.1) is 0 Å². The largest absolute Gasteiger partial charge is 0.502 e. The smallest absolute Gasteiger partial charge is 0.311 e. The number of carbonyl (C=O) groups excluding carboxylic acids is 1. The molecule has 0 fully saturated rings. The third kappa shape index (κ3) is 3.39. The van der Waals surface area contributed by atoms with Gasteiger partial charge in [0.2, 0.25) is 5.75 Å². The van der Waals surface area contributed by atoms with Crippen LogP contribution >= 0.6 is 11.6 Å². The van der Waals surface area contributed by atoms with Crippen molar-refractivity contribution in [2.24, 2.45) is 5.10 Å². The number of nitro groups is 1. The minimum atomic E-state index is -0.779. The lowest BCUT2D eigenvalue weighted by Crippen LogP contribution is -2.18. The van der Waals surface area contributed by atoms with Crippen LogP contribution in [0.4, 0.5) is 5.69 Å². The minimum Gasteiger partial charge on any atom is -0.502 e. The molecule has 2 aromatic rings. The van der Waals surface area contributed by atoms with Crippen molar-refractivity contribution in [2.75, 3.05) is 0 Å². The summed E-state index contributed by atoms with van der Waals surface area (Å²) in [6, 6.07) is 10.5. The highest BCUT2D eigenvalue weighted by Gasteiger charge is 2.20. The molecule has 0 bridgehead atoms. The fraction of sp³-hybridized carbons (Fsp3) is 0. The van der Waals surface area contributed by atoms with Crippen LogP contribution in [-0.2, 0) is 0 Å². The van der Waals surface area contributed by atoms with Gasteiger partial charge in [-0.25, -0.2) is 5.43 Å². The number of aromatic hydroxyl groups is 1. The number of nitrogens with zero attached hydrogens (tertiary/aromatic N) is 2. The first kappa shape index (κ1) is 15.5. The first-order chi connectivity index (χ1) is 10.5. The second kappa shape index (κ2) is 6.68. The average molecular weight is 320 g/mol. The highest BCUT2D eigenvalue weighted by atomic mass is 35.5. The Kier molecular flexibility index (Phi) is 4.70. The molecule has 0 aliphatic rings. The number of halogens is 1. The minimum absolute atomic E-state index is 0.245. The maximum atomic E-state index is 11.9. The molecule has 8 heteroatoms. The van der Waals surface area contributed by atoms with Gasteiger partial charge in [0.05, 0.1) is 16.7 Å². The number of phenols is 1. The van der Waals surface area contributed by atoms with Gasteiger partial charge in [-0.3, -0.25) is 14.9 Å². The predicted molar refractivity (Wildman–Crippen MR) is 81.3 cm³/mol. The van der Waals surface area contributed by atoms with Gasteiger partial charge in [0.25, 0.3) is 5.91 Å². The number of rotatable bonds is 4. The lowest BCUT2D eigenvalue weighted by Gasteiger charge is -2.03. The lowest BCUT2D eigenvalue weighted by atomic mass is 10.1. The van der Waals surface area contributed by atoms with E-state index in [4.69, 9.17) is 11.6 Å². The van der Waals surface area contributed by atoms with Crippen molar-refractivity contribution in [3.05, 3.63) is 68.7 Å². The second-order valence-electron chi connectivity index (χ2n) is 4.15. The molecule has 0 unspecified atom stereocenters. The second-order valence-corrected chi connectivity index (χ2v) is 4.56. The van der Waals surface area contributed by atoms with Crippen molar-refractivity contribution < 1.29 is 14.8 Å². The highest BCUT2D eigenvalue weighted by molar-refractivity contribution is 6.33. The summed E-state index contributed by atoms with van der Waals surface area (Å²) in [5.74, 6) is -1.48. The zero-order chi connectivity index (χ0) is 16.1. The Hall–Kier alpha value is -2.93. The van der Waals surface area contributed by atoms with Crippen LogP contribution in [0, 0.1) is 10.1 Å². The Morgan fingerprint density at radius 2 is 2.00 bits per heavy atom. The summed E-state index contributed by atoms with van der Waals surface area (Å²) in [5.41, 5.74) is 1.96. The molecule has 0 heterocycles. The summed E-state index contributed by atoms with van der Waals surface area (Å²) in [4.78, 5) is 21.8. The van der Waals surface area contributed by atoms with Gasteiger partial charge in [0.15, 0.2) is 0 Å². The van der Waals surface area contributed by atoms with Crippen molar-refractivity contribution in [1.82, 2.24) is 5.43 Å². The number of hydrogen-bond donors (Lipinski definition) is 2. The average Bonchev–Trinajstić information content (AvgIpc) is 2.49. The van der Waals surface area contributed by atoms with Gasteiger partial charge in [-0.2, -0.15) is 5.10 Å². The van der Waals surface area contributed by atoms with E-state index in [2.05, 4.69) is 10.5 Å². The summed E-state index contributed by atoms with van der Waals surface area (Å²) in [5, 5.41) is 24.6. The number of phenolic OH excluding ortho intramolecular Hbond substituents is 1. The van der Waals surface area contributed by atoms with E-state index in [1.165, 1.54) is 18.3 Å². The number of nitrogens with one attached hydrogen (secondary N) is 1.